The number of nitrogens with one attached hydrogen (secondary N) is 1. The van der Waals surface area contributed by atoms with Crippen LogP contribution in [0.4, 0.5) is 10.1 Å². The number of thiazole rings is 1. The standard InChI is InChI=1S/C19H12FN3O4S/c20-10-5-7-11(8-6-10)21-14(24)9-23-18(26)16(28-19(23)27)15-12-3-1-2-4-13(12)22-17(15)25/h1-8,26H,9H2,(H,21,24). The molecule has 0 bridgehead atoms. The van der Waals surface area contributed by atoms with Crippen molar-refractivity contribution in [3.8, 4) is 5.88 Å². The minimum absolute atomic E-state index is 0.0679. The van der Waals surface area contributed by atoms with Crippen molar-refractivity contribution < 1.29 is 19.1 Å². The Morgan fingerprint density at radius 1 is 1.14 bits per heavy atom. The maximum atomic E-state index is 12.9. The Balaban J connectivity index is 1.67. The summed E-state index contributed by atoms with van der Waals surface area (Å²) in [5.41, 5.74) is 0.482. The molecule has 1 aliphatic rings. The number of para-hydroxylation sites is 1. The van der Waals surface area contributed by atoms with Crippen LogP contribution in [0.15, 0.2) is 58.3 Å². The summed E-state index contributed by atoms with van der Waals surface area (Å²) in [5.74, 6) is -2.06. The fraction of sp³-hybridized carbons (Fsp3) is 0.0526. The number of halogens is 1. The van der Waals surface area contributed by atoms with E-state index in [9.17, 15) is 23.9 Å². The number of benzene rings is 2. The molecule has 0 fully saturated rings. The molecule has 4 rings (SSSR count). The Bertz CT molecular complexity index is 1290. The summed E-state index contributed by atoms with van der Waals surface area (Å²) in [6, 6.07) is 11.9. The van der Waals surface area contributed by atoms with Crippen LogP contribution in [-0.2, 0) is 16.1 Å². The maximum absolute atomic E-state index is 12.9. The lowest BCUT2D eigenvalue weighted by Gasteiger charge is -2.06. The van der Waals surface area contributed by atoms with Crippen LogP contribution in [0.25, 0.3) is 5.57 Å². The van der Waals surface area contributed by atoms with E-state index in [1.165, 1.54) is 24.3 Å². The molecule has 3 aromatic rings. The molecular weight excluding hydrogens is 385 g/mol. The van der Waals surface area contributed by atoms with Crippen molar-refractivity contribution in [1.29, 1.82) is 0 Å². The molecule has 7 nitrogen and oxygen atoms in total. The predicted octanol–water partition coefficient (Wildman–Crippen LogP) is 0.752. The highest BCUT2D eigenvalue weighted by atomic mass is 32.1. The largest absolute Gasteiger partial charge is 0.493 e. The molecule has 0 spiro atoms. The number of carbonyl (C=O) groups excluding carboxylic acids is 2. The highest BCUT2D eigenvalue weighted by molar-refractivity contribution is 7.11. The van der Waals surface area contributed by atoms with E-state index in [1.807, 2.05) is 0 Å². The summed E-state index contributed by atoms with van der Waals surface area (Å²) in [6.45, 7) is -0.460. The molecule has 2 N–H and O–H groups in total. The molecule has 0 unspecified atom stereocenters. The minimum Gasteiger partial charge on any atom is -0.493 e. The highest BCUT2D eigenvalue weighted by Gasteiger charge is 2.26. The van der Waals surface area contributed by atoms with E-state index in [1.54, 1.807) is 24.3 Å². The van der Waals surface area contributed by atoms with E-state index < -0.39 is 34.9 Å². The van der Waals surface area contributed by atoms with Crippen LogP contribution in [0.5, 0.6) is 5.88 Å². The smallest absolute Gasteiger partial charge is 0.311 e. The van der Waals surface area contributed by atoms with E-state index in [0.717, 1.165) is 4.57 Å². The van der Waals surface area contributed by atoms with Crippen LogP contribution < -0.4 is 20.8 Å². The van der Waals surface area contributed by atoms with Crippen molar-refractivity contribution in [3.63, 3.8) is 0 Å². The second-order valence-electron chi connectivity index (χ2n) is 5.97. The first kappa shape index (κ1) is 17.8. The summed E-state index contributed by atoms with van der Waals surface area (Å²) in [5, 5.41) is 14.0. The van der Waals surface area contributed by atoms with Gasteiger partial charge in [0.05, 0.1) is 10.9 Å². The predicted molar refractivity (Wildman–Crippen MR) is 100 cm³/mol. The van der Waals surface area contributed by atoms with Crippen molar-refractivity contribution in [3.05, 3.63) is 79.5 Å². The number of carbonyl (C=O) groups is 2. The number of aromatic nitrogens is 1. The number of amides is 2. The van der Waals surface area contributed by atoms with Gasteiger partial charge in [0.15, 0.2) is 0 Å². The fourth-order valence-electron chi connectivity index (χ4n) is 2.86. The molecule has 0 saturated carbocycles. The van der Waals surface area contributed by atoms with Gasteiger partial charge in [0.2, 0.25) is 11.8 Å². The summed E-state index contributed by atoms with van der Waals surface area (Å²) < 4.78 is 13.8. The lowest BCUT2D eigenvalue weighted by molar-refractivity contribution is -0.117. The highest BCUT2D eigenvalue weighted by Crippen LogP contribution is 2.28. The SMILES string of the molecule is O=C(Cn1c(O)c(C2=c3ccccc3=NC2=O)sc1=O)Nc1ccc(F)cc1. The van der Waals surface area contributed by atoms with Crippen LogP contribution in [0.2, 0.25) is 0 Å². The van der Waals surface area contributed by atoms with Gasteiger partial charge in [-0.25, -0.2) is 9.38 Å². The maximum Gasteiger partial charge on any atom is 0.311 e. The molecule has 2 amide bonds. The average molecular weight is 397 g/mol. The van der Waals surface area contributed by atoms with Gasteiger partial charge in [-0.15, -0.1) is 0 Å². The molecule has 140 valence electrons. The molecule has 9 heteroatoms. The van der Waals surface area contributed by atoms with Crippen molar-refractivity contribution >= 4 is 34.4 Å². The number of hydrogen-bond acceptors (Lipinski definition) is 5. The summed E-state index contributed by atoms with van der Waals surface area (Å²) in [7, 11) is 0. The topological polar surface area (TPSA) is 101 Å². The average Bonchev–Trinajstić information content (AvgIpc) is 3.13. The molecule has 1 aromatic heterocycles. The fourth-order valence-corrected chi connectivity index (χ4v) is 3.80. The Morgan fingerprint density at radius 3 is 2.61 bits per heavy atom. The van der Waals surface area contributed by atoms with Crippen LogP contribution in [-0.4, -0.2) is 21.5 Å². The lowest BCUT2D eigenvalue weighted by Crippen LogP contribution is -2.24. The third kappa shape index (κ3) is 3.12. The van der Waals surface area contributed by atoms with E-state index in [4.69, 9.17) is 0 Å². The van der Waals surface area contributed by atoms with Crippen molar-refractivity contribution in [2.75, 3.05) is 5.32 Å². The lowest BCUT2D eigenvalue weighted by atomic mass is 10.1. The number of anilines is 1. The molecule has 2 heterocycles. The van der Waals surface area contributed by atoms with Crippen LogP contribution in [0.1, 0.15) is 4.88 Å². The minimum atomic E-state index is -0.591. The van der Waals surface area contributed by atoms with Crippen LogP contribution in [0, 0.1) is 5.82 Å². The Morgan fingerprint density at radius 2 is 1.86 bits per heavy atom. The second kappa shape index (κ2) is 6.86. The molecule has 0 radical (unpaired) electrons. The zero-order chi connectivity index (χ0) is 19.8. The first-order chi connectivity index (χ1) is 13.4. The van der Waals surface area contributed by atoms with Crippen molar-refractivity contribution in [2.45, 2.75) is 6.54 Å². The number of fused-ring (bicyclic) bond motifs is 1. The van der Waals surface area contributed by atoms with E-state index >= 15 is 0 Å². The molecule has 28 heavy (non-hydrogen) atoms. The van der Waals surface area contributed by atoms with Gasteiger partial charge in [0, 0.05) is 10.9 Å². The third-order valence-electron chi connectivity index (χ3n) is 4.13. The Labute approximate surface area is 160 Å². The quantitative estimate of drug-likeness (QED) is 0.679. The van der Waals surface area contributed by atoms with E-state index in [2.05, 4.69) is 10.3 Å². The van der Waals surface area contributed by atoms with E-state index in [-0.39, 0.29) is 10.5 Å². The molecule has 0 atom stereocenters. The number of aromatic hydroxyl groups is 1. The third-order valence-corrected chi connectivity index (χ3v) is 5.12. The number of hydrogen-bond donors (Lipinski definition) is 2. The Hall–Kier alpha value is -3.59. The summed E-state index contributed by atoms with van der Waals surface area (Å²) in [4.78, 5) is 40.2. The second-order valence-corrected chi connectivity index (χ2v) is 6.93. The Kier molecular flexibility index (Phi) is 4.36. The van der Waals surface area contributed by atoms with Gasteiger partial charge in [0.25, 0.3) is 5.91 Å². The zero-order valence-electron chi connectivity index (χ0n) is 14.2. The summed E-state index contributed by atoms with van der Waals surface area (Å²) >= 11 is 0.666. The molecule has 1 aliphatic heterocycles. The normalized spacial score (nSPS) is 12.6. The van der Waals surface area contributed by atoms with Gasteiger partial charge < -0.3 is 10.4 Å². The first-order valence-electron chi connectivity index (χ1n) is 8.15. The van der Waals surface area contributed by atoms with Gasteiger partial charge >= 0.3 is 4.87 Å². The molecular formula is C19H12FN3O4S. The van der Waals surface area contributed by atoms with Crippen LogP contribution >= 0.6 is 11.3 Å². The van der Waals surface area contributed by atoms with Gasteiger partial charge in [-0.1, -0.05) is 29.5 Å². The van der Waals surface area contributed by atoms with Gasteiger partial charge in [-0.3, -0.25) is 19.0 Å². The van der Waals surface area contributed by atoms with E-state index in [0.29, 0.717) is 27.6 Å². The van der Waals surface area contributed by atoms with Crippen molar-refractivity contribution in [1.82, 2.24) is 4.57 Å². The van der Waals surface area contributed by atoms with Gasteiger partial charge in [0.1, 0.15) is 17.2 Å². The van der Waals surface area contributed by atoms with Gasteiger partial charge in [-0.2, -0.15) is 0 Å². The van der Waals surface area contributed by atoms with Crippen LogP contribution in [0.3, 0.4) is 0 Å². The number of nitrogens with zero attached hydrogens (tertiary/aromatic N) is 2. The van der Waals surface area contributed by atoms with Gasteiger partial charge in [-0.05, 0) is 30.3 Å². The van der Waals surface area contributed by atoms with Crippen molar-refractivity contribution in [2.24, 2.45) is 4.99 Å². The number of rotatable bonds is 4. The molecule has 0 saturated heterocycles. The first-order valence-corrected chi connectivity index (χ1v) is 8.96. The zero-order valence-corrected chi connectivity index (χ0v) is 15.0. The summed E-state index contributed by atoms with van der Waals surface area (Å²) in [6.07, 6.45) is 0. The molecule has 2 aromatic carbocycles. The monoisotopic (exact) mass is 397 g/mol. The molecule has 0 aliphatic carbocycles.